The molecular formula is C23H29BrN4O2S. The van der Waals surface area contributed by atoms with Gasteiger partial charge in [-0.1, -0.05) is 31.0 Å². The lowest BCUT2D eigenvalue weighted by molar-refractivity contribution is 0.411. The highest BCUT2D eigenvalue weighted by Crippen LogP contribution is 2.36. The lowest BCUT2D eigenvalue weighted by Gasteiger charge is -2.28. The van der Waals surface area contributed by atoms with Gasteiger partial charge in [0.25, 0.3) is 10.0 Å². The zero-order chi connectivity index (χ0) is 22.2. The number of aryl methyl sites for hydroxylation is 2. The molecule has 0 amide bonds. The molecule has 0 bridgehead atoms. The molecule has 1 aliphatic rings. The number of nitrogens with one attached hydrogen (secondary N) is 1. The average Bonchev–Trinajstić information content (AvgIpc) is 3.11. The number of anilines is 1. The minimum Gasteiger partial charge on any atom is -0.381 e. The summed E-state index contributed by atoms with van der Waals surface area (Å²) in [5.74, 6) is 0. The summed E-state index contributed by atoms with van der Waals surface area (Å²) in [5.41, 5.74) is 9.19. The first-order valence-electron chi connectivity index (χ1n) is 10.8. The van der Waals surface area contributed by atoms with E-state index in [0.717, 1.165) is 58.9 Å². The van der Waals surface area contributed by atoms with Gasteiger partial charge in [0.2, 0.25) is 0 Å². The predicted molar refractivity (Wildman–Crippen MR) is 129 cm³/mol. The Morgan fingerprint density at radius 3 is 2.52 bits per heavy atom. The molecule has 4 rings (SSSR count). The first-order chi connectivity index (χ1) is 14.8. The molecule has 0 spiro atoms. The average molecular weight is 505 g/mol. The van der Waals surface area contributed by atoms with Crippen molar-refractivity contribution in [2.75, 3.05) is 5.32 Å². The van der Waals surface area contributed by atoms with E-state index < -0.39 is 10.0 Å². The molecule has 8 heteroatoms. The lowest BCUT2D eigenvalue weighted by atomic mass is 9.91. The third kappa shape index (κ3) is 4.38. The molecule has 3 aromatic rings. The topological polar surface area (TPSA) is 90.0 Å². The maximum Gasteiger partial charge on any atom is 0.269 e. The van der Waals surface area contributed by atoms with Gasteiger partial charge in [0.15, 0.2) is 5.65 Å². The second kappa shape index (κ2) is 8.92. The van der Waals surface area contributed by atoms with Crippen LogP contribution in [0, 0.1) is 6.92 Å². The highest BCUT2D eigenvalue weighted by Gasteiger charge is 2.27. The summed E-state index contributed by atoms with van der Waals surface area (Å²) in [6.45, 7) is 3.99. The molecular weight excluding hydrogens is 476 g/mol. The Morgan fingerprint density at radius 1 is 1.19 bits per heavy atom. The monoisotopic (exact) mass is 504 g/mol. The number of nitrogens with two attached hydrogens (primary N) is 1. The van der Waals surface area contributed by atoms with Gasteiger partial charge < -0.3 is 11.1 Å². The Balaban J connectivity index is 1.84. The number of nitrogens with zero attached hydrogens (tertiary/aromatic N) is 2. The van der Waals surface area contributed by atoms with E-state index in [1.165, 1.54) is 3.97 Å². The Hall–Kier alpha value is -1.90. The van der Waals surface area contributed by atoms with Crippen molar-refractivity contribution in [1.82, 2.24) is 8.96 Å². The molecule has 0 saturated heterocycles. The molecule has 1 aromatic carbocycles. The number of halogens is 1. The van der Waals surface area contributed by atoms with E-state index >= 15 is 0 Å². The maximum absolute atomic E-state index is 13.6. The quantitative estimate of drug-likeness (QED) is 0.493. The Kier molecular flexibility index (Phi) is 6.42. The maximum atomic E-state index is 13.6. The van der Waals surface area contributed by atoms with Crippen molar-refractivity contribution in [1.29, 1.82) is 0 Å². The minimum absolute atomic E-state index is 0.272. The zero-order valence-corrected chi connectivity index (χ0v) is 20.3. The van der Waals surface area contributed by atoms with Crippen LogP contribution < -0.4 is 11.1 Å². The van der Waals surface area contributed by atoms with Crippen molar-refractivity contribution in [3.63, 3.8) is 0 Å². The van der Waals surface area contributed by atoms with Crippen LogP contribution in [0.1, 0.15) is 50.3 Å². The van der Waals surface area contributed by atoms with Gasteiger partial charge in [0.1, 0.15) is 0 Å². The molecule has 0 radical (unpaired) electrons. The first kappa shape index (κ1) is 22.3. The number of benzene rings is 1. The van der Waals surface area contributed by atoms with Gasteiger partial charge in [-0.2, -0.15) is 0 Å². The van der Waals surface area contributed by atoms with Crippen LogP contribution in [0.15, 0.2) is 45.9 Å². The van der Waals surface area contributed by atoms with Crippen LogP contribution in [0.4, 0.5) is 5.69 Å². The van der Waals surface area contributed by atoms with Gasteiger partial charge >= 0.3 is 0 Å². The number of fused-ring (bicyclic) bond motifs is 1. The van der Waals surface area contributed by atoms with E-state index in [0.29, 0.717) is 18.1 Å². The normalized spacial score (nSPS) is 19.6. The van der Waals surface area contributed by atoms with E-state index in [1.54, 1.807) is 18.3 Å². The molecule has 2 heterocycles. The van der Waals surface area contributed by atoms with Crippen molar-refractivity contribution < 1.29 is 8.42 Å². The second-order valence-corrected chi connectivity index (χ2v) is 11.1. The van der Waals surface area contributed by atoms with Crippen molar-refractivity contribution in [3.8, 4) is 0 Å². The SMILES string of the molecule is CCCc1cc2c(NC3CCC(N)CC3)c(Br)cnc2n1S(=O)(=O)c1ccc(C)cc1. The Labute approximate surface area is 192 Å². The molecule has 1 fully saturated rings. The Morgan fingerprint density at radius 2 is 1.87 bits per heavy atom. The molecule has 31 heavy (non-hydrogen) atoms. The number of rotatable bonds is 6. The number of aromatic nitrogens is 2. The highest BCUT2D eigenvalue weighted by atomic mass is 79.9. The molecule has 0 unspecified atom stereocenters. The fraction of sp³-hybridized carbons (Fsp3) is 0.435. The lowest BCUT2D eigenvalue weighted by Crippen LogP contribution is -2.32. The van der Waals surface area contributed by atoms with Crippen LogP contribution >= 0.6 is 15.9 Å². The number of pyridine rings is 1. The van der Waals surface area contributed by atoms with Gasteiger partial charge in [-0.25, -0.2) is 17.4 Å². The van der Waals surface area contributed by atoms with E-state index in [1.807, 2.05) is 32.0 Å². The third-order valence-electron chi connectivity index (χ3n) is 6.00. The fourth-order valence-corrected chi connectivity index (χ4v) is 6.23. The van der Waals surface area contributed by atoms with Crippen LogP contribution in [-0.4, -0.2) is 29.5 Å². The van der Waals surface area contributed by atoms with Crippen LogP contribution in [0.2, 0.25) is 0 Å². The van der Waals surface area contributed by atoms with E-state index in [-0.39, 0.29) is 10.9 Å². The predicted octanol–water partition coefficient (Wildman–Crippen LogP) is 4.98. The third-order valence-corrected chi connectivity index (χ3v) is 8.36. The summed E-state index contributed by atoms with van der Waals surface area (Å²) in [7, 11) is -3.77. The number of hydrogen-bond acceptors (Lipinski definition) is 5. The zero-order valence-electron chi connectivity index (χ0n) is 17.9. The fourth-order valence-electron chi connectivity index (χ4n) is 4.28. The van der Waals surface area contributed by atoms with E-state index in [2.05, 4.69) is 26.2 Å². The summed E-state index contributed by atoms with van der Waals surface area (Å²) < 4.78 is 29.5. The summed E-state index contributed by atoms with van der Waals surface area (Å²) in [6.07, 6.45) is 7.17. The summed E-state index contributed by atoms with van der Waals surface area (Å²) in [5, 5.41) is 4.47. The smallest absolute Gasteiger partial charge is 0.269 e. The van der Waals surface area contributed by atoms with Gasteiger partial charge in [0.05, 0.1) is 15.1 Å². The van der Waals surface area contributed by atoms with Crippen LogP contribution in [0.3, 0.4) is 0 Å². The summed E-state index contributed by atoms with van der Waals surface area (Å²) in [4.78, 5) is 4.81. The minimum atomic E-state index is -3.77. The van der Waals surface area contributed by atoms with Crippen LogP contribution in [-0.2, 0) is 16.4 Å². The van der Waals surface area contributed by atoms with Crippen molar-refractivity contribution in [2.24, 2.45) is 5.73 Å². The standard InChI is InChI=1S/C23H29BrN4O2S/c1-3-4-18-13-20-22(27-17-9-7-16(25)8-10-17)21(24)14-26-23(20)28(18)31(29,30)19-11-5-15(2)6-12-19/h5-6,11-14,16-17H,3-4,7-10,25H2,1-2H3,(H,26,27). The van der Waals surface area contributed by atoms with Crippen LogP contribution in [0.5, 0.6) is 0 Å². The molecule has 3 N–H and O–H groups in total. The number of hydrogen-bond donors (Lipinski definition) is 2. The van der Waals surface area contributed by atoms with Gasteiger partial charge in [-0.05, 0) is 73.2 Å². The first-order valence-corrected chi connectivity index (χ1v) is 13.1. The van der Waals surface area contributed by atoms with Gasteiger partial charge in [-0.15, -0.1) is 0 Å². The summed E-state index contributed by atoms with van der Waals surface area (Å²) in [6, 6.07) is 9.53. The van der Waals surface area contributed by atoms with Crippen LogP contribution in [0.25, 0.3) is 11.0 Å². The van der Waals surface area contributed by atoms with Gasteiger partial charge in [-0.3, -0.25) is 0 Å². The van der Waals surface area contributed by atoms with Crippen molar-refractivity contribution in [2.45, 2.75) is 69.4 Å². The van der Waals surface area contributed by atoms with E-state index in [4.69, 9.17) is 5.73 Å². The van der Waals surface area contributed by atoms with Crippen molar-refractivity contribution >= 4 is 42.7 Å². The molecule has 166 valence electrons. The Bertz CT molecular complexity index is 1180. The highest BCUT2D eigenvalue weighted by molar-refractivity contribution is 9.10. The van der Waals surface area contributed by atoms with Crippen molar-refractivity contribution in [3.05, 3.63) is 52.3 Å². The molecule has 1 saturated carbocycles. The van der Waals surface area contributed by atoms with E-state index in [9.17, 15) is 8.42 Å². The molecule has 1 aliphatic carbocycles. The second-order valence-electron chi connectivity index (χ2n) is 8.44. The molecule has 0 atom stereocenters. The molecule has 6 nitrogen and oxygen atoms in total. The summed E-state index contributed by atoms with van der Waals surface area (Å²) >= 11 is 3.62. The van der Waals surface area contributed by atoms with Gasteiger partial charge in [0, 0.05) is 29.4 Å². The molecule has 2 aromatic heterocycles. The molecule has 0 aliphatic heterocycles. The largest absolute Gasteiger partial charge is 0.381 e.